The number of nitrogens with one attached hydrogen (secondary N) is 1. The molecule has 0 unspecified atom stereocenters. The zero-order valence-electron chi connectivity index (χ0n) is 13.1. The first-order valence-electron chi connectivity index (χ1n) is 7.78. The van der Waals surface area contributed by atoms with Crippen molar-refractivity contribution < 1.29 is 9.21 Å². The van der Waals surface area contributed by atoms with Gasteiger partial charge in [0.05, 0.1) is 11.8 Å². The number of terminal acetylenes is 1. The number of carbonyl (C=O) groups excluding carboxylic acids is 1. The van der Waals surface area contributed by atoms with E-state index >= 15 is 0 Å². The number of carbonyl (C=O) groups is 1. The highest BCUT2D eigenvalue weighted by atomic mass is 16.4. The first-order valence-corrected chi connectivity index (χ1v) is 7.78. The third-order valence-electron chi connectivity index (χ3n) is 3.96. The molecule has 0 spiro atoms. The third kappa shape index (κ3) is 3.69. The van der Waals surface area contributed by atoms with Crippen LogP contribution in [-0.4, -0.2) is 18.1 Å². The summed E-state index contributed by atoms with van der Waals surface area (Å²) in [6, 6.07) is 8.85. The Kier molecular flexibility index (Phi) is 4.43. The second-order valence-corrected chi connectivity index (χ2v) is 5.75. The Morgan fingerprint density at radius 2 is 2.08 bits per heavy atom. The molecule has 6 nitrogen and oxygen atoms in total. The SMILES string of the molecule is C#CCCC1(CCNC(=O)Cc2cc3ccccc3c(=O)o2)N=N1. The van der Waals surface area contributed by atoms with Gasteiger partial charge in [0.1, 0.15) is 5.76 Å². The van der Waals surface area contributed by atoms with E-state index in [2.05, 4.69) is 21.5 Å². The van der Waals surface area contributed by atoms with E-state index in [-0.39, 0.29) is 12.3 Å². The van der Waals surface area contributed by atoms with Crippen molar-refractivity contribution >= 4 is 16.7 Å². The Balaban J connectivity index is 1.54. The summed E-state index contributed by atoms with van der Waals surface area (Å²) in [5.74, 6) is 2.71. The van der Waals surface area contributed by atoms with Crippen LogP contribution in [0.3, 0.4) is 0 Å². The Bertz CT molecular complexity index is 886. The lowest BCUT2D eigenvalue weighted by molar-refractivity contribution is -0.120. The molecule has 1 aliphatic rings. The minimum absolute atomic E-state index is 0.0196. The maximum absolute atomic E-state index is 12.0. The molecule has 0 saturated carbocycles. The van der Waals surface area contributed by atoms with Crippen LogP contribution in [-0.2, 0) is 11.2 Å². The molecular formula is C18H17N3O3. The highest BCUT2D eigenvalue weighted by molar-refractivity contribution is 5.83. The van der Waals surface area contributed by atoms with E-state index in [4.69, 9.17) is 10.8 Å². The molecule has 0 radical (unpaired) electrons. The van der Waals surface area contributed by atoms with Gasteiger partial charge >= 0.3 is 5.63 Å². The lowest BCUT2D eigenvalue weighted by Gasteiger charge is -2.09. The molecule has 0 fully saturated rings. The molecule has 2 heterocycles. The fourth-order valence-electron chi connectivity index (χ4n) is 2.56. The molecule has 122 valence electrons. The van der Waals surface area contributed by atoms with Gasteiger partial charge in [-0.2, -0.15) is 10.2 Å². The van der Waals surface area contributed by atoms with Crippen molar-refractivity contribution in [3.05, 3.63) is 46.5 Å². The molecule has 6 heteroatoms. The van der Waals surface area contributed by atoms with Gasteiger partial charge in [-0.1, -0.05) is 18.2 Å². The fraction of sp³-hybridized carbons (Fsp3) is 0.333. The van der Waals surface area contributed by atoms with Crippen molar-refractivity contribution in [1.82, 2.24) is 5.32 Å². The highest BCUT2D eigenvalue weighted by Gasteiger charge is 2.38. The second kappa shape index (κ2) is 6.67. The smallest absolute Gasteiger partial charge is 0.343 e. The highest BCUT2D eigenvalue weighted by Crippen LogP contribution is 2.35. The van der Waals surface area contributed by atoms with E-state index in [1.165, 1.54) is 0 Å². The molecule has 0 saturated heterocycles. The summed E-state index contributed by atoms with van der Waals surface area (Å²) in [5.41, 5.74) is -0.838. The van der Waals surface area contributed by atoms with Crippen LogP contribution < -0.4 is 10.9 Å². The average molecular weight is 323 g/mol. The van der Waals surface area contributed by atoms with E-state index in [9.17, 15) is 9.59 Å². The van der Waals surface area contributed by atoms with E-state index in [0.29, 0.717) is 37.0 Å². The van der Waals surface area contributed by atoms with Gasteiger partial charge in [-0.15, -0.1) is 12.3 Å². The first kappa shape index (κ1) is 15.9. The summed E-state index contributed by atoms with van der Waals surface area (Å²) in [6.45, 7) is 0.453. The topological polar surface area (TPSA) is 84.0 Å². The Morgan fingerprint density at radius 3 is 2.83 bits per heavy atom. The van der Waals surface area contributed by atoms with E-state index < -0.39 is 11.3 Å². The van der Waals surface area contributed by atoms with Crippen LogP contribution in [0.25, 0.3) is 10.8 Å². The minimum atomic E-state index is -0.431. The van der Waals surface area contributed by atoms with Gasteiger partial charge in [-0.05, 0) is 17.5 Å². The third-order valence-corrected chi connectivity index (χ3v) is 3.96. The van der Waals surface area contributed by atoms with Gasteiger partial charge in [-0.3, -0.25) is 4.79 Å². The molecule has 0 aliphatic carbocycles. The van der Waals surface area contributed by atoms with Gasteiger partial charge in [-0.25, -0.2) is 4.79 Å². The fourth-order valence-corrected chi connectivity index (χ4v) is 2.56. The lowest BCUT2D eigenvalue weighted by atomic mass is 10.0. The van der Waals surface area contributed by atoms with Crippen LogP contribution in [0.1, 0.15) is 25.0 Å². The minimum Gasteiger partial charge on any atom is -0.427 e. The predicted molar refractivity (Wildman–Crippen MR) is 89.5 cm³/mol. The molecule has 3 rings (SSSR count). The number of rotatable bonds is 7. The summed E-state index contributed by atoms with van der Waals surface area (Å²) in [6.07, 6.45) is 7.21. The Labute approximate surface area is 139 Å². The summed E-state index contributed by atoms with van der Waals surface area (Å²) in [4.78, 5) is 23.9. The van der Waals surface area contributed by atoms with Crippen molar-refractivity contribution in [1.29, 1.82) is 0 Å². The summed E-state index contributed by atoms with van der Waals surface area (Å²) in [7, 11) is 0. The van der Waals surface area contributed by atoms with Crippen LogP contribution in [0, 0.1) is 12.3 Å². The van der Waals surface area contributed by atoms with Gasteiger partial charge in [0.15, 0.2) is 5.66 Å². The monoisotopic (exact) mass is 323 g/mol. The van der Waals surface area contributed by atoms with E-state index in [1.807, 2.05) is 12.1 Å². The molecule has 1 N–H and O–H groups in total. The molecule has 2 aromatic rings. The van der Waals surface area contributed by atoms with Crippen LogP contribution in [0.5, 0.6) is 0 Å². The van der Waals surface area contributed by atoms with Crippen LogP contribution in [0.15, 0.2) is 49.8 Å². The number of nitrogens with zero attached hydrogens (tertiary/aromatic N) is 2. The molecule has 0 bridgehead atoms. The predicted octanol–water partition coefficient (Wildman–Crippen LogP) is 2.42. The Hall–Kier alpha value is -2.94. The van der Waals surface area contributed by atoms with Crippen molar-refractivity contribution in [2.24, 2.45) is 10.2 Å². The summed E-state index contributed by atoms with van der Waals surface area (Å²) >= 11 is 0. The zero-order valence-corrected chi connectivity index (χ0v) is 13.1. The van der Waals surface area contributed by atoms with Crippen molar-refractivity contribution in [2.45, 2.75) is 31.3 Å². The average Bonchev–Trinajstić information content (AvgIpc) is 3.33. The molecule has 0 atom stereocenters. The van der Waals surface area contributed by atoms with Crippen molar-refractivity contribution in [3.8, 4) is 12.3 Å². The van der Waals surface area contributed by atoms with Crippen molar-refractivity contribution in [3.63, 3.8) is 0 Å². The van der Waals surface area contributed by atoms with Crippen molar-refractivity contribution in [2.75, 3.05) is 6.54 Å². The van der Waals surface area contributed by atoms with Crippen LogP contribution >= 0.6 is 0 Å². The van der Waals surface area contributed by atoms with E-state index in [1.54, 1.807) is 18.2 Å². The molecule has 1 aliphatic heterocycles. The first-order chi connectivity index (χ1) is 11.6. The number of amides is 1. The Morgan fingerprint density at radius 1 is 1.29 bits per heavy atom. The van der Waals surface area contributed by atoms with Gasteiger partial charge in [0.25, 0.3) is 0 Å². The summed E-state index contributed by atoms with van der Waals surface area (Å²) < 4.78 is 5.20. The molecule has 1 aromatic carbocycles. The normalized spacial score (nSPS) is 14.3. The van der Waals surface area contributed by atoms with Gasteiger partial charge in [0.2, 0.25) is 5.91 Å². The molecule has 1 amide bonds. The maximum Gasteiger partial charge on any atom is 0.343 e. The number of hydrogen-bond donors (Lipinski definition) is 1. The molecule has 1 aromatic heterocycles. The summed E-state index contributed by atoms with van der Waals surface area (Å²) in [5, 5.41) is 12.1. The van der Waals surface area contributed by atoms with Gasteiger partial charge < -0.3 is 9.73 Å². The largest absolute Gasteiger partial charge is 0.427 e. The standard InChI is InChI=1S/C18H17N3O3/c1-2-3-8-18(20-21-18)9-10-19-16(22)12-14-11-13-6-4-5-7-15(13)17(23)24-14/h1,4-7,11H,3,8-10,12H2,(H,19,22). The lowest BCUT2D eigenvalue weighted by Crippen LogP contribution is -2.29. The molecule has 24 heavy (non-hydrogen) atoms. The number of fused-ring (bicyclic) bond motifs is 1. The van der Waals surface area contributed by atoms with Crippen LogP contribution in [0.2, 0.25) is 0 Å². The quantitative estimate of drug-likeness (QED) is 0.794. The zero-order chi connectivity index (χ0) is 17.0. The van der Waals surface area contributed by atoms with Gasteiger partial charge in [0, 0.05) is 25.8 Å². The maximum atomic E-state index is 12.0. The second-order valence-electron chi connectivity index (χ2n) is 5.75. The molecular weight excluding hydrogens is 306 g/mol. The number of benzene rings is 1. The van der Waals surface area contributed by atoms with E-state index in [0.717, 1.165) is 5.39 Å². The van der Waals surface area contributed by atoms with Crippen LogP contribution in [0.4, 0.5) is 0 Å². The number of hydrogen-bond acceptors (Lipinski definition) is 5.